The van der Waals surface area contributed by atoms with Crippen LogP contribution >= 0.6 is 12.4 Å². The van der Waals surface area contributed by atoms with E-state index in [9.17, 15) is 0 Å². The minimum atomic E-state index is 0. The predicted molar refractivity (Wildman–Crippen MR) is 73.3 cm³/mol. The van der Waals surface area contributed by atoms with Crippen LogP contribution in [0.3, 0.4) is 0 Å². The molecule has 92 valence electrons. The molecule has 1 nitrogen and oxygen atoms in total. The van der Waals surface area contributed by atoms with Gasteiger partial charge in [0.15, 0.2) is 0 Å². The molecule has 1 atom stereocenters. The van der Waals surface area contributed by atoms with Crippen LogP contribution < -0.4 is 0 Å². The Balaban J connectivity index is 0.00000225. The van der Waals surface area contributed by atoms with Gasteiger partial charge in [0, 0.05) is 12.4 Å². The summed E-state index contributed by atoms with van der Waals surface area (Å²) in [5.41, 5.74) is 1.43. The van der Waals surface area contributed by atoms with Gasteiger partial charge in [-0.2, -0.15) is 0 Å². The molecule has 0 radical (unpaired) electrons. The summed E-state index contributed by atoms with van der Waals surface area (Å²) in [7, 11) is 0. The van der Waals surface area contributed by atoms with Crippen molar-refractivity contribution in [2.45, 2.75) is 58.3 Å². The van der Waals surface area contributed by atoms with Crippen molar-refractivity contribution < 1.29 is 0 Å². The van der Waals surface area contributed by atoms with E-state index in [4.69, 9.17) is 0 Å². The second kappa shape index (κ2) is 9.65. The molecule has 0 N–H and O–H groups in total. The number of halogens is 1. The molecule has 1 aromatic rings. The first kappa shape index (κ1) is 15.4. The Morgan fingerprint density at radius 3 is 2.31 bits per heavy atom. The largest absolute Gasteiger partial charge is 0.265 e. The Hall–Kier alpha value is -0.560. The normalized spacial score (nSPS) is 11.9. The van der Waals surface area contributed by atoms with Crippen LogP contribution in [0.25, 0.3) is 0 Å². The van der Waals surface area contributed by atoms with Crippen molar-refractivity contribution >= 4 is 12.4 Å². The van der Waals surface area contributed by atoms with E-state index in [1.165, 1.54) is 44.1 Å². The van der Waals surface area contributed by atoms with Crippen molar-refractivity contribution in [1.82, 2.24) is 4.98 Å². The van der Waals surface area contributed by atoms with E-state index >= 15 is 0 Å². The van der Waals surface area contributed by atoms with Gasteiger partial charge in [0.25, 0.3) is 0 Å². The van der Waals surface area contributed by atoms with Crippen molar-refractivity contribution in [1.29, 1.82) is 0 Å². The van der Waals surface area contributed by atoms with Crippen LogP contribution in [0.1, 0.15) is 63.9 Å². The van der Waals surface area contributed by atoms with E-state index in [0.29, 0.717) is 5.92 Å². The minimum absolute atomic E-state index is 0. The van der Waals surface area contributed by atoms with Gasteiger partial charge >= 0.3 is 0 Å². The number of rotatable bonds is 7. The van der Waals surface area contributed by atoms with Crippen LogP contribution in [0, 0.1) is 0 Å². The Bertz CT molecular complexity index is 248. The third-order valence-corrected chi connectivity index (χ3v) is 3.02. The van der Waals surface area contributed by atoms with Crippen molar-refractivity contribution in [3.05, 3.63) is 30.1 Å². The fourth-order valence-electron chi connectivity index (χ4n) is 1.91. The second-order valence-corrected chi connectivity index (χ2v) is 4.38. The van der Waals surface area contributed by atoms with Gasteiger partial charge in [-0.25, -0.2) is 0 Å². The zero-order valence-electron chi connectivity index (χ0n) is 10.5. The summed E-state index contributed by atoms with van der Waals surface area (Å²) in [6, 6.07) is 4.27. The summed E-state index contributed by atoms with van der Waals surface area (Å²) in [4.78, 5) is 4.05. The Kier molecular flexibility index (Phi) is 9.31. The second-order valence-electron chi connectivity index (χ2n) is 4.38. The van der Waals surface area contributed by atoms with Crippen molar-refractivity contribution in [2.24, 2.45) is 0 Å². The quantitative estimate of drug-likeness (QED) is 0.615. The number of pyridine rings is 1. The Labute approximate surface area is 106 Å². The first-order valence-corrected chi connectivity index (χ1v) is 6.24. The lowest BCUT2D eigenvalue weighted by Crippen LogP contribution is -1.93. The highest BCUT2D eigenvalue weighted by atomic mass is 35.5. The first-order chi connectivity index (χ1) is 7.34. The maximum absolute atomic E-state index is 4.05. The average molecular weight is 242 g/mol. The van der Waals surface area contributed by atoms with Gasteiger partial charge < -0.3 is 0 Å². The highest BCUT2D eigenvalue weighted by Gasteiger charge is 2.03. The maximum Gasteiger partial charge on any atom is 0.0270 e. The fourth-order valence-corrected chi connectivity index (χ4v) is 1.91. The minimum Gasteiger partial charge on any atom is -0.265 e. The molecule has 1 aromatic heterocycles. The lowest BCUT2D eigenvalue weighted by molar-refractivity contribution is 0.566. The molecule has 0 bridgehead atoms. The molecule has 1 heterocycles. The van der Waals surface area contributed by atoms with Gasteiger partial charge in [-0.3, -0.25) is 4.98 Å². The van der Waals surface area contributed by atoms with E-state index in [1.807, 2.05) is 12.4 Å². The summed E-state index contributed by atoms with van der Waals surface area (Å²) in [6.07, 6.45) is 12.0. The number of hydrogen-bond donors (Lipinski definition) is 0. The molecule has 0 aliphatic heterocycles. The third-order valence-electron chi connectivity index (χ3n) is 3.02. The van der Waals surface area contributed by atoms with Crippen molar-refractivity contribution in [3.8, 4) is 0 Å². The van der Waals surface area contributed by atoms with E-state index in [1.54, 1.807) is 0 Å². The molecule has 2 heteroatoms. The van der Waals surface area contributed by atoms with Gasteiger partial charge in [-0.15, -0.1) is 12.4 Å². The van der Waals surface area contributed by atoms with Gasteiger partial charge in [-0.1, -0.05) is 46.0 Å². The monoisotopic (exact) mass is 241 g/mol. The topological polar surface area (TPSA) is 12.9 Å². The lowest BCUT2D eigenvalue weighted by Gasteiger charge is -2.10. The van der Waals surface area contributed by atoms with Crippen LogP contribution in [-0.2, 0) is 0 Å². The molecule has 0 aliphatic rings. The van der Waals surface area contributed by atoms with Crippen LogP contribution in [0.2, 0.25) is 0 Å². The van der Waals surface area contributed by atoms with Gasteiger partial charge in [0.05, 0.1) is 0 Å². The van der Waals surface area contributed by atoms with Gasteiger partial charge in [0.2, 0.25) is 0 Å². The average Bonchev–Trinajstić information content (AvgIpc) is 2.30. The number of unbranched alkanes of at least 4 members (excludes halogenated alkanes) is 4. The molecule has 0 aliphatic carbocycles. The number of nitrogens with zero attached hydrogens (tertiary/aromatic N) is 1. The standard InChI is InChI=1S/C14H23N.ClH/c1-3-4-5-6-7-8-13(2)14-9-11-15-12-10-14;/h9-13H,3-8H2,1-2H3;1H. The highest BCUT2D eigenvalue weighted by Crippen LogP contribution is 2.21. The summed E-state index contributed by atoms with van der Waals surface area (Å²) >= 11 is 0. The van der Waals surface area contributed by atoms with E-state index in [-0.39, 0.29) is 12.4 Å². The summed E-state index contributed by atoms with van der Waals surface area (Å²) in [5.74, 6) is 0.689. The molecule has 0 fully saturated rings. The molecule has 1 rings (SSSR count). The summed E-state index contributed by atoms with van der Waals surface area (Å²) in [6.45, 7) is 4.58. The van der Waals surface area contributed by atoms with Crippen LogP contribution in [0.4, 0.5) is 0 Å². The van der Waals surface area contributed by atoms with Crippen molar-refractivity contribution in [3.63, 3.8) is 0 Å². The maximum atomic E-state index is 4.05. The number of aromatic nitrogens is 1. The molecule has 0 saturated heterocycles. The first-order valence-electron chi connectivity index (χ1n) is 6.24. The summed E-state index contributed by atoms with van der Waals surface area (Å²) < 4.78 is 0. The SMILES string of the molecule is CCCCCCCC(C)c1ccncc1.Cl. The molecule has 0 spiro atoms. The Morgan fingerprint density at radius 2 is 1.69 bits per heavy atom. The number of hydrogen-bond acceptors (Lipinski definition) is 1. The molecule has 0 saturated carbocycles. The molecule has 1 unspecified atom stereocenters. The van der Waals surface area contributed by atoms with Crippen LogP contribution in [0.15, 0.2) is 24.5 Å². The van der Waals surface area contributed by atoms with Gasteiger partial charge in [0.1, 0.15) is 0 Å². The van der Waals surface area contributed by atoms with Crippen LogP contribution in [-0.4, -0.2) is 4.98 Å². The molecule has 16 heavy (non-hydrogen) atoms. The van der Waals surface area contributed by atoms with E-state index in [2.05, 4.69) is 31.0 Å². The highest BCUT2D eigenvalue weighted by molar-refractivity contribution is 5.85. The van der Waals surface area contributed by atoms with Crippen molar-refractivity contribution in [2.75, 3.05) is 0 Å². The molecular formula is C14H24ClN. The predicted octanol–water partition coefficient (Wildman–Crippen LogP) is 4.97. The molecular weight excluding hydrogens is 218 g/mol. The summed E-state index contributed by atoms with van der Waals surface area (Å²) in [5, 5.41) is 0. The van der Waals surface area contributed by atoms with E-state index < -0.39 is 0 Å². The zero-order chi connectivity index (χ0) is 10.9. The third kappa shape index (κ3) is 6.12. The van der Waals surface area contributed by atoms with Crippen LogP contribution in [0.5, 0.6) is 0 Å². The lowest BCUT2D eigenvalue weighted by atomic mass is 9.96. The van der Waals surface area contributed by atoms with E-state index in [0.717, 1.165) is 0 Å². The van der Waals surface area contributed by atoms with Gasteiger partial charge in [-0.05, 0) is 30.0 Å². The molecule has 0 amide bonds. The fraction of sp³-hybridized carbons (Fsp3) is 0.643. The zero-order valence-corrected chi connectivity index (χ0v) is 11.3. The molecule has 0 aromatic carbocycles. The Morgan fingerprint density at radius 1 is 1.06 bits per heavy atom. The smallest absolute Gasteiger partial charge is 0.0270 e.